The van der Waals surface area contributed by atoms with E-state index in [4.69, 9.17) is 21.6 Å². The Hall–Kier alpha value is -1.37. The molecule has 1 saturated carbocycles. The number of ether oxygens (including phenoxy) is 1. The molecule has 0 unspecified atom stereocenters. The first-order valence-electron chi connectivity index (χ1n) is 5.81. The third kappa shape index (κ3) is 2.14. The minimum absolute atomic E-state index is 0.0272. The quantitative estimate of drug-likeness (QED) is 0.839. The lowest BCUT2D eigenvalue weighted by molar-refractivity contribution is -0.133. The lowest BCUT2D eigenvalue weighted by Crippen LogP contribution is -2.51. The fourth-order valence-electron chi connectivity index (χ4n) is 2.52. The van der Waals surface area contributed by atoms with E-state index in [0.29, 0.717) is 17.9 Å². The molecule has 0 aliphatic heterocycles. The molecular weight excluding hydrogens is 250 g/mol. The van der Waals surface area contributed by atoms with Crippen molar-refractivity contribution >= 4 is 17.4 Å². The van der Waals surface area contributed by atoms with E-state index in [2.05, 4.69) is 0 Å². The van der Waals surface area contributed by atoms with Crippen LogP contribution in [0.5, 0.6) is 0 Å². The van der Waals surface area contributed by atoms with Crippen LogP contribution in [-0.2, 0) is 14.9 Å². The summed E-state index contributed by atoms with van der Waals surface area (Å²) >= 11 is 5.86. The lowest BCUT2D eigenvalue weighted by Gasteiger charge is -2.45. The maximum atomic E-state index is 12.2. The van der Waals surface area contributed by atoms with Crippen LogP contribution in [0.2, 0.25) is 5.02 Å². The predicted octanol–water partition coefficient (Wildman–Crippen LogP) is 2.87. The van der Waals surface area contributed by atoms with E-state index in [-0.39, 0.29) is 18.3 Å². The van der Waals surface area contributed by atoms with Crippen LogP contribution < -0.4 is 0 Å². The number of hydrogen-bond donors (Lipinski definition) is 0. The molecule has 0 heterocycles. The van der Waals surface area contributed by atoms with Crippen LogP contribution in [0.4, 0.5) is 0 Å². The summed E-state index contributed by atoms with van der Waals surface area (Å²) in [6.45, 7) is 0. The van der Waals surface area contributed by atoms with Crippen molar-refractivity contribution in [2.75, 3.05) is 7.11 Å². The first-order valence-corrected chi connectivity index (χ1v) is 6.19. The Labute approximate surface area is 111 Å². The number of hydrogen-bond acceptors (Lipinski definition) is 3. The van der Waals surface area contributed by atoms with Gasteiger partial charge in [-0.2, -0.15) is 5.26 Å². The smallest absolute Gasteiger partial charge is 0.157 e. The Morgan fingerprint density at radius 2 is 2.11 bits per heavy atom. The molecule has 0 aromatic heterocycles. The molecule has 2 rings (SSSR count). The molecule has 0 amide bonds. The summed E-state index contributed by atoms with van der Waals surface area (Å²) in [5, 5.41) is 9.35. The average molecular weight is 264 g/mol. The minimum Gasteiger partial charge on any atom is -0.381 e. The second-order valence-corrected chi connectivity index (χ2v) is 5.05. The molecule has 18 heavy (non-hydrogen) atoms. The van der Waals surface area contributed by atoms with Crippen LogP contribution >= 0.6 is 11.6 Å². The average Bonchev–Trinajstić information content (AvgIpc) is 2.31. The molecule has 1 aromatic rings. The molecule has 3 nitrogen and oxygen atoms in total. The number of benzene rings is 1. The van der Waals surface area contributed by atoms with Crippen molar-refractivity contribution in [2.24, 2.45) is 0 Å². The molecule has 0 N–H and O–H groups in total. The third-order valence-corrected chi connectivity index (χ3v) is 3.91. The van der Waals surface area contributed by atoms with Crippen LogP contribution in [0.25, 0.3) is 0 Å². The molecule has 0 atom stereocenters. The van der Waals surface area contributed by atoms with Crippen molar-refractivity contribution in [1.82, 2.24) is 0 Å². The van der Waals surface area contributed by atoms with E-state index in [1.807, 2.05) is 18.2 Å². The van der Waals surface area contributed by atoms with Crippen LogP contribution in [0.15, 0.2) is 24.3 Å². The number of halogens is 1. The zero-order valence-corrected chi connectivity index (χ0v) is 10.9. The number of Topliss-reactive ketones (excluding diaryl/α,β-unsaturated/α-hetero) is 1. The fraction of sp³-hybridized carbons (Fsp3) is 0.429. The summed E-state index contributed by atoms with van der Waals surface area (Å²) in [5.41, 5.74) is 0.376. The maximum absolute atomic E-state index is 12.2. The van der Waals surface area contributed by atoms with E-state index in [1.54, 1.807) is 19.2 Å². The molecule has 0 spiro atoms. The van der Waals surface area contributed by atoms with Crippen LogP contribution in [-0.4, -0.2) is 19.0 Å². The molecule has 1 fully saturated rings. The first kappa shape index (κ1) is 13.1. The molecule has 0 bridgehead atoms. The van der Waals surface area contributed by atoms with Crippen LogP contribution in [0.3, 0.4) is 0 Å². The van der Waals surface area contributed by atoms with Gasteiger partial charge in [-0.05, 0) is 30.5 Å². The van der Waals surface area contributed by atoms with Gasteiger partial charge in [-0.3, -0.25) is 4.79 Å². The second kappa shape index (κ2) is 5.09. The van der Waals surface area contributed by atoms with Gasteiger partial charge in [0.25, 0.3) is 0 Å². The monoisotopic (exact) mass is 263 g/mol. The number of nitrogens with zero attached hydrogens (tertiary/aromatic N) is 1. The Kier molecular flexibility index (Phi) is 3.70. The summed E-state index contributed by atoms with van der Waals surface area (Å²) in [4.78, 5) is 12.2. The molecule has 0 radical (unpaired) electrons. The molecule has 1 aliphatic carbocycles. The molecule has 0 saturated heterocycles. The van der Waals surface area contributed by atoms with Gasteiger partial charge >= 0.3 is 0 Å². The van der Waals surface area contributed by atoms with E-state index >= 15 is 0 Å². The number of nitriles is 1. The van der Waals surface area contributed by atoms with Gasteiger partial charge in [0.15, 0.2) is 5.78 Å². The highest BCUT2D eigenvalue weighted by Crippen LogP contribution is 2.46. The van der Waals surface area contributed by atoms with Crippen molar-refractivity contribution in [3.05, 3.63) is 34.9 Å². The van der Waals surface area contributed by atoms with Gasteiger partial charge in [0.05, 0.1) is 24.0 Å². The highest BCUT2D eigenvalue weighted by Gasteiger charge is 2.50. The molecule has 1 aromatic carbocycles. The van der Waals surface area contributed by atoms with Gasteiger partial charge in [-0.25, -0.2) is 0 Å². The molecule has 1 aliphatic rings. The predicted molar refractivity (Wildman–Crippen MR) is 68.4 cm³/mol. The summed E-state index contributed by atoms with van der Waals surface area (Å²) < 4.78 is 5.25. The van der Waals surface area contributed by atoms with E-state index in [0.717, 1.165) is 5.56 Å². The SMILES string of the molecule is COC1CC(C(=O)CC#N)(c2ccc(Cl)cc2)C1. The lowest BCUT2D eigenvalue weighted by atomic mass is 9.59. The highest BCUT2D eigenvalue weighted by molar-refractivity contribution is 6.30. The van der Waals surface area contributed by atoms with Crippen molar-refractivity contribution < 1.29 is 9.53 Å². The number of carbonyl (C=O) groups is 1. The zero-order chi connectivity index (χ0) is 13.2. The second-order valence-electron chi connectivity index (χ2n) is 4.61. The summed E-state index contributed by atoms with van der Waals surface area (Å²) in [7, 11) is 1.64. The third-order valence-electron chi connectivity index (χ3n) is 3.66. The number of rotatable bonds is 4. The number of methoxy groups -OCH3 is 1. The largest absolute Gasteiger partial charge is 0.381 e. The highest BCUT2D eigenvalue weighted by atomic mass is 35.5. The van der Waals surface area contributed by atoms with Gasteiger partial charge in [-0.1, -0.05) is 23.7 Å². The molecule has 94 valence electrons. The normalized spacial score (nSPS) is 26.2. The fourth-order valence-corrected chi connectivity index (χ4v) is 2.64. The van der Waals surface area contributed by atoms with Crippen molar-refractivity contribution in [1.29, 1.82) is 5.26 Å². The number of ketones is 1. The summed E-state index contributed by atoms with van der Waals surface area (Å²) in [6.07, 6.45) is 1.33. The van der Waals surface area contributed by atoms with Crippen molar-refractivity contribution in [3.63, 3.8) is 0 Å². The molecular formula is C14H14ClNO2. The van der Waals surface area contributed by atoms with E-state index in [1.165, 1.54) is 0 Å². The summed E-state index contributed by atoms with van der Waals surface area (Å²) in [5.74, 6) is -0.0272. The van der Waals surface area contributed by atoms with E-state index < -0.39 is 5.41 Å². The Morgan fingerprint density at radius 3 is 2.61 bits per heavy atom. The molecule has 4 heteroatoms. The zero-order valence-electron chi connectivity index (χ0n) is 10.1. The minimum atomic E-state index is -0.555. The van der Waals surface area contributed by atoms with Gasteiger partial charge < -0.3 is 4.74 Å². The maximum Gasteiger partial charge on any atom is 0.157 e. The van der Waals surface area contributed by atoms with Crippen molar-refractivity contribution in [3.8, 4) is 6.07 Å². The first-order chi connectivity index (χ1) is 8.62. The van der Waals surface area contributed by atoms with Crippen molar-refractivity contribution in [2.45, 2.75) is 30.8 Å². The number of carbonyl (C=O) groups excluding carboxylic acids is 1. The van der Waals surface area contributed by atoms with Gasteiger partial charge in [0, 0.05) is 12.1 Å². The summed E-state index contributed by atoms with van der Waals surface area (Å²) in [6, 6.07) is 9.22. The Morgan fingerprint density at radius 1 is 1.50 bits per heavy atom. The van der Waals surface area contributed by atoms with Crippen LogP contribution in [0.1, 0.15) is 24.8 Å². The standard InChI is InChI=1S/C14H14ClNO2/c1-18-12-8-14(9-12,13(17)6-7-16)10-2-4-11(15)5-3-10/h2-5,12H,6,8-9H2,1H3. The van der Waals surface area contributed by atoms with Gasteiger partial charge in [-0.15, -0.1) is 0 Å². The van der Waals surface area contributed by atoms with Crippen LogP contribution in [0, 0.1) is 11.3 Å². The topological polar surface area (TPSA) is 50.1 Å². The Balaban J connectivity index is 2.30. The van der Waals surface area contributed by atoms with E-state index in [9.17, 15) is 4.79 Å². The van der Waals surface area contributed by atoms with Gasteiger partial charge in [0.1, 0.15) is 0 Å². The van der Waals surface area contributed by atoms with Gasteiger partial charge in [0.2, 0.25) is 0 Å². The Bertz CT molecular complexity index is 484.